The van der Waals surface area contributed by atoms with Crippen LogP contribution >= 0.6 is 0 Å². The molecular weight excluding hydrogens is 374 g/mol. The van der Waals surface area contributed by atoms with E-state index in [1.54, 1.807) is 0 Å². The number of hydrogen-bond donors (Lipinski definition) is 2. The molecule has 0 radical (unpaired) electrons. The summed E-state index contributed by atoms with van der Waals surface area (Å²) in [5, 5.41) is 5.66. The van der Waals surface area contributed by atoms with Crippen molar-refractivity contribution in [1.82, 2.24) is 15.5 Å². The van der Waals surface area contributed by atoms with E-state index in [9.17, 15) is 9.59 Å². The molecular formula is C25H33N3O2. The number of piperidine rings is 1. The van der Waals surface area contributed by atoms with E-state index in [-0.39, 0.29) is 18.4 Å². The lowest BCUT2D eigenvalue weighted by molar-refractivity contribution is -0.120. The van der Waals surface area contributed by atoms with Crippen LogP contribution in [-0.2, 0) is 17.9 Å². The summed E-state index contributed by atoms with van der Waals surface area (Å²) in [5.41, 5.74) is 5.03. The van der Waals surface area contributed by atoms with Crippen LogP contribution in [0.5, 0.6) is 0 Å². The molecule has 1 heterocycles. The predicted octanol–water partition coefficient (Wildman–Crippen LogP) is 3.72. The minimum absolute atomic E-state index is 0.0306. The van der Waals surface area contributed by atoms with Gasteiger partial charge in [-0.15, -0.1) is 0 Å². The number of amides is 2. The zero-order valence-corrected chi connectivity index (χ0v) is 18.3. The fourth-order valence-electron chi connectivity index (χ4n) is 4.12. The van der Waals surface area contributed by atoms with Crippen molar-refractivity contribution in [2.75, 3.05) is 13.1 Å². The minimum Gasteiger partial charge on any atom is -0.350 e. The van der Waals surface area contributed by atoms with Gasteiger partial charge in [-0.05, 0) is 63.4 Å². The van der Waals surface area contributed by atoms with Crippen LogP contribution in [0, 0.1) is 13.8 Å². The van der Waals surface area contributed by atoms with Crippen molar-refractivity contribution in [3.05, 3.63) is 70.3 Å². The summed E-state index contributed by atoms with van der Waals surface area (Å²) >= 11 is 0. The van der Waals surface area contributed by atoms with Gasteiger partial charge in [0.2, 0.25) is 5.91 Å². The Hall–Kier alpha value is -2.66. The standard InChI is InChI=1S/C25H33N3O2/c1-18-12-19(2)14-23(13-18)25(30)27-16-24(29)26-15-21-9-4-5-10-22(21)17-28-11-7-6-8-20(28)3/h4-5,9-10,12-14,20H,6-8,11,15-17H2,1-3H3,(H,26,29)(H,27,30). The second-order valence-corrected chi connectivity index (χ2v) is 8.42. The average Bonchev–Trinajstić information content (AvgIpc) is 2.72. The van der Waals surface area contributed by atoms with Crippen LogP contribution in [0.15, 0.2) is 42.5 Å². The van der Waals surface area contributed by atoms with Gasteiger partial charge in [0.25, 0.3) is 5.91 Å². The Balaban J connectivity index is 1.51. The molecule has 0 aliphatic carbocycles. The maximum Gasteiger partial charge on any atom is 0.251 e. The molecule has 1 aliphatic rings. The molecule has 1 aliphatic heterocycles. The van der Waals surface area contributed by atoms with Gasteiger partial charge < -0.3 is 10.6 Å². The third-order valence-electron chi connectivity index (χ3n) is 5.80. The third-order valence-corrected chi connectivity index (χ3v) is 5.80. The van der Waals surface area contributed by atoms with Crippen molar-refractivity contribution in [1.29, 1.82) is 0 Å². The molecule has 1 saturated heterocycles. The van der Waals surface area contributed by atoms with Crippen LogP contribution < -0.4 is 10.6 Å². The molecule has 2 aromatic rings. The number of likely N-dealkylation sites (tertiary alicyclic amines) is 1. The largest absolute Gasteiger partial charge is 0.350 e. The Morgan fingerprint density at radius 3 is 2.40 bits per heavy atom. The first-order chi connectivity index (χ1) is 14.4. The van der Waals surface area contributed by atoms with Gasteiger partial charge in [-0.1, -0.05) is 47.9 Å². The minimum atomic E-state index is -0.226. The van der Waals surface area contributed by atoms with Crippen molar-refractivity contribution in [2.45, 2.75) is 59.2 Å². The quantitative estimate of drug-likeness (QED) is 0.735. The van der Waals surface area contributed by atoms with E-state index >= 15 is 0 Å². The highest BCUT2D eigenvalue weighted by Crippen LogP contribution is 2.20. The summed E-state index contributed by atoms with van der Waals surface area (Å²) in [5.74, 6) is -0.412. The number of carbonyl (C=O) groups excluding carboxylic acids is 2. The van der Waals surface area contributed by atoms with E-state index in [0.717, 1.165) is 29.8 Å². The Labute approximate surface area is 179 Å². The summed E-state index contributed by atoms with van der Waals surface area (Å²) in [4.78, 5) is 27.2. The van der Waals surface area contributed by atoms with Gasteiger partial charge in [0.1, 0.15) is 0 Å². The summed E-state index contributed by atoms with van der Waals surface area (Å²) in [6.45, 7) is 8.69. The SMILES string of the molecule is Cc1cc(C)cc(C(=O)NCC(=O)NCc2ccccc2CN2CCCCC2C)c1. The molecule has 5 nitrogen and oxygen atoms in total. The Bertz CT molecular complexity index is 873. The zero-order valence-electron chi connectivity index (χ0n) is 18.3. The van der Waals surface area contributed by atoms with E-state index in [2.05, 4.69) is 40.7 Å². The molecule has 3 rings (SSSR count). The highest BCUT2D eigenvalue weighted by molar-refractivity contribution is 5.96. The van der Waals surface area contributed by atoms with Crippen LogP contribution in [0.2, 0.25) is 0 Å². The molecule has 1 atom stereocenters. The summed E-state index contributed by atoms with van der Waals surface area (Å²) in [6, 6.07) is 14.6. The summed E-state index contributed by atoms with van der Waals surface area (Å²) < 4.78 is 0. The molecule has 2 aromatic carbocycles. The van der Waals surface area contributed by atoms with E-state index in [0.29, 0.717) is 18.2 Å². The molecule has 0 saturated carbocycles. The zero-order chi connectivity index (χ0) is 21.5. The lowest BCUT2D eigenvalue weighted by atomic mass is 10.0. The number of carbonyl (C=O) groups is 2. The predicted molar refractivity (Wildman–Crippen MR) is 120 cm³/mol. The summed E-state index contributed by atoms with van der Waals surface area (Å²) in [6.07, 6.45) is 3.81. The number of nitrogens with zero attached hydrogens (tertiary/aromatic N) is 1. The van der Waals surface area contributed by atoms with Crippen LogP contribution in [0.4, 0.5) is 0 Å². The van der Waals surface area contributed by atoms with Crippen LogP contribution in [0.1, 0.15) is 58.8 Å². The molecule has 1 fully saturated rings. The van der Waals surface area contributed by atoms with Gasteiger partial charge >= 0.3 is 0 Å². The van der Waals surface area contributed by atoms with E-state index < -0.39 is 0 Å². The van der Waals surface area contributed by atoms with Crippen molar-refractivity contribution < 1.29 is 9.59 Å². The smallest absolute Gasteiger partial charge is 0.251 e. The number of rotatable bonds is 7. The summed E-state index contributed by atoms with van der Waals surface area (Å²) in [7, 11) is 0. The fourth-order valence-corrected chi connectivity index (χ4v) is 4.12. The third kappa shape index (κ3) is 6.17. The number of benzene rings is 2. The molecule has 1 unspecified atom stereocenters. The first-order valence-corrected chi connectivity index (χ1v) is 10.9. The van der Waals surface area contributed by atoms with Crippen molar-refractivity contribution in [3.8, 4) is 0 Å². The van der Waals surface area contributed by atoms with Crippen molar-refractivity contribution >= 4 is 11.8 Å². The normalized spacial score (nSPS) is 16.8. The Morgan fingerprint density at radius 1 is 1.00 bits per heavy atom. The monoisotopic (exact) mass is 407 g/mol. The number of hydrogen-bond acceptors (Lipinski definition) is 3. The first-order valence-electron chi connectivity index (χ1n) is 10.9. The highest BCUT2D eigenvalue weighted by atomic mass is 16.2. The van der Waals surface area contributed by atoms with Crippen LogP contribution in [0.3, 0.4) is 0 Å². The highest BCUT2D eigenvalue weighted by Gasteiger charge is 2.19. The average molecular weight is 408 g/mol. The van der Waals surface area contributed by atoms with E-state index in [1.165, 1.54) is 24.8 Å². The van der Waals surface area contributed by atoms with Gasteiger partial charge in [-0.25, -0.2) is 0 Å². The lowest BCUT2D eigenvalue weighted by Gasteiger charge is -2.33. The molecule has 2 N–H and O–H groups in total. The maximum atomic E-state index is 12.3. The van der Waals surface area contributed by atoms with Gasteiger partial charge in [0.15, 0.2) is 0 Å². The molecule has 0 spiro atoms. The van der Waals surface area contributed by atoms with Crippen molar-refractivity contribution in [3.63, 3.8) is 0 Å². The Morgan fingerprint density at radius 2 is 1.70 bits per heavy atom. The van der Waals surface area contributed by atoms with Gasteiger partial charge in [0.05, 0.1) is 6.54 Å². The number of aryl methyl sites for hydroxylation is 2. The Kier molecular flexibility index (Phi) is 7.63. The molecule has 160 valence electrons. The topological polar surface area (TPSA) is 61.4 Å². The van der Waals surface area contributed by atoms with Crippen LogP contribution in [-0.4, -0.2) is 35.8 Å². The molecule has 0 bridgehead atoms. The molecule has 2 amide bonds. The maximum absolute atomic E-state index is 12.3. The van der Waals surface area contributed by atoms with E-state index in [4.69, 9.17) is 0 Å². The van der Waals surface area contributed by atoms with E-state index in [1.807, 2.05) is 38.1 Å². The van der Waals surface area contributed by atoms with Gasteiger partial charge in [-0.3, -0.25) is 14.5 Å². The second kappa shape index (κ2) is 10.4. The second-order valence-electron chi connectivity index (χ2n) is 8.42. The first kappa shape index (κ1) is 22.0. The molecule has 5 heteroatoms. The molecule has 0 aromatic heterocycles. The van der Waals surface area contributed by atoms with Gasteiger partial charge in [0, 0.05) is 24.7 Å². The fraction of sp³-hybridized carbons (Fsp3) is 0.440. The van der Waals surface area contributed by atoms with Crippen LogP contribution in [0.25, 0.3) is 0 Å². The lowest BCUT2D eigenvalue weighted by Crippen LogP contribution is -2.38. The molecule has 30 heavy (non-hydrogen) atoms. The van der Waals surface area contributed by atoms with Gasteiger partial charge in [-0.2, -0.15) is 0 Å². The van der Waals surface area contributed by atoms with Crippen molar-refractivity contribution in [2.24, 2.45) is 0 Å². The number of nitrogens with one attached hydrogen (secondary N) is 2.